The average molecular weight is 420 g/mol. The predicted molar refractivity (Wildman–Crippen MR) is 91.4 cm³/mol. The molecule has 2 rings (SSSR count). The molecule has 1 aromatic carbocycles. The van der Waals surface area contributed by atoms with Gasteiger partial charge in [0.2, 0.25) is 0 Å². The van der Waals surface area contributed by atoms with Crippen molar-refractivity contribution < 1.29 is 0 Å². The molecule has 0 aliphatic rings. The third-order valence-electron chi connectivity index (χ3n) is 2.82. The van der Waals surface area contributed by atoms with Crippen LogP contribution in [0.15, 0.2) is 27.1 Å². The first-order valence-corrected chi connectivity index (χ1v) is 8.22. The maximum Gasteiger partial charge on any atom is 0.162 e. The standard InChI is InChI=1S/C14H14Br2ClN3/c1-3-4-11-12(16)14(18-2)20-13(19-11)9-6-5-8(17)7-10(9)15/h5-7H,3-4H2,1-2H3,(H,18,19,20). The van der Waals surface area contributed by atoms with Crippen LogP contribution in [0.2, 0.25) is 5.02 Å². The van der Waals surface area contributed by atoms with Crippen molar-refractivity contribution in [2.45, 2.75) is 19.8 Å². The number of aryl methyl sites for hydroxylation is 1. The summed E-state index contributed by atoms with van der Waals surface area (Å²) in [4.78, 5) is 9.21. The summed E-state index contributed by atoms with van der Waals surface area (Å²) >= 11 is 13.1. The molecule has 0 spiro atoms. The molecule has 0 fully saturated rings. The summed E-state index contributed by atoms with van der Waals surface area (Å²) in [6.45, 7) is 2.13. The van der Waals surface area contributed by atoms with Crippen LogP contribution in [0.3, 0.4) is 0 Å². The van der Waals surface area contributed by atoms with Gasteiger partial charge in [-0.15, -0.1) is 0 Å². The fourth-order valence-corrected chi connectivity index (χ4v) is 3.29. The second kappa shape index (κ2) is 6.87. The lowest BCUT2D eigenvalue weighted by atomic mass is 10.2. The van der Waals surface area contributed by atoms with Crippen molar-refractivity contribution in [1.29, 1.82) is 0 Å². The van der Waals surface area contributed by atoms with E-state index in [0.29, 0.717) is 10.8 Å². The van der Waals surface area contributed by atoms with Crippen molar-refractivity contribution in [1.82, 2.24) is 9.97 Å². The SMILES string of the molecule is CCCc1nc(-c2ccc(Cl)cc2Br)nc(NC)c1Br. The van der Waals surface area contributed by atoms with E-state index in [0.717, 1.165) is 38.9 Å². The molecule has 20 heavy (non-hydrogen) atoms. The Morgan fingerprint density at radius 1 is 1.25 bits per heavy atom. The van der Waals surface area contributed by atoms with Gasteiger partial charge in [-0.3, -0.25) is 0 Å². The van der Waals surface area contributed by atoms with E-state index in [1.54, 1.807) is 0 Å². The largest absolute Gasteiger partial charge is 0.372 e. The zero-order valence-corrected chi connectivity index (χ0v) is 15.1. The van der Waals surface area contributed by atoms with Crippen molar-refractivity contribution in [3.63, 3.8) is 0 Å². The summed E-state index contributed by atoms with van der Waals surface area (Å²) < 4.78 is 1.81. The summed E-state index contributed by atoms with van der Waals surface area (Å²) in [5.41, 5.74) is 1.93. The molecule has 1 N–H and O–H groups in total. The van der Waals surface area contributed by atoms with Crippen LogP contribution >= 0.6 is 43.5 Å². The number of nitrogens with zero attached hydrogens (tertiary/aromatic N) is 2. The van der Waals surface area contributed by atoms with Crippen molar-refractivity contribution in [2.75, 3.05) is 12.4 Å². The number of hydrogen-bond donors (Lipinski definition) is 1. The summed E-state index contributed by atoms with van der Waals surface area (Å²) in [7, 11) is 1.85. The third kappa shape index (κ3) is 3.32. The second-order valence-electron chi connectivity index (χ2n) is 4.28. The minimum atomic E-state index is 0.681. The van der Waals surface area contributed by atoms with Crippen molar-refractivity contribution in [2.24, 2.45) is 0 Å². The normalized spacial score (nSPS) is 10.7. The van der Waals surface area contributed by atoms with Crippen LogP contribution < -0.4 is 5.32 Å². The fourth-order valence-electron chi connectivity index (χ4n) is 1.85. The molecule has 1 heterocycles. The summed E-state index contributed by atoms with van der Waals surface area (Å²) in [5, 5.41) is 3.78. The molecule has 0 bridgehead atoms. The molecule has 6 heteroatoms. The molecular formula is C14H14Br2ClN3. The van der Waals surface area contributed by atoms with E-state index in [9.17, 15) is 0 Å². The molecule has 106 valence electrons. The van der Waals surface area contributed by atoms with E-state index in [4.69, 9.17) is 11.6 Å². The average Bonchev–Trinajstić information content (AvgIpc) is 2.41. The molecule has 0 atom stereocenters. The first kappa shape index (κ1) is 15.7. The van der Waals surface area contributed by atoms with E-state index in [2.05, 4.69) is 54.1 Å². The van der Waals surface area contributed by atoms with Gasteiger partial charge in [-0.2, -0.15) is 0 Å². The second-order valence-corrected chi connectivity index (χ2v) is 6.36. The van der Waals surface area contributed by atoms with Gasteiger partial charge in [0.15, 0.2) is 5.82 Å². The van der Waals surface area contributed by atoms with Crippen LogP contribution in [0.1, 0.15) is 19.0 Å². The molecule has 0 saturated carbocycles. The van der Waals surface area contributed by atoms with Gasteiger partial charge in [-0.25, -0.2) is 9.97 Å². The number of anilines is 1. The molecule has 0 radical (unpaired) electrons. The van der Waals surface area contributed by atoms with Crippen LogP contribution in [0.4, 0.5) is 5.82 Å². The molecule has 3 nitrogen and oxygen atoms in total. The quantitative estimate of drug-likeness (QED) is 0.729. The van der Waals surface area contributed by atoms with Crippen LogP contribution in [0, 0.1) is 0 Å². The Kier molecular flexibility index (Phi) is 5.41. The molecule has 0 saturated heterocycles. The van der Waals surface area contributed by atoms with Gasteiger partial charge in [-0.05, 0) is 56.5 Å². The molecule has 2 aromatic rings. The Bertz CT molecular complexity index is 632. The predicted octanol–water partition coefficient (Wildman–Crippen LogP) is 5.32. The molecule has 0 aliphatic carbocycles. The van der Waals surface area contributed by atoms with E-state index in [1.165, 1.54) is 0 Å². The Balaban J connectivity index is 2.58. The lowest BCUT2D eigenvalue weighted by Crippen LogP contribution is -2.03. The van der Waals surface area contributed by atoms with Crippen molar-refractivity contribution in [3.8, 4) is 11.4 Å². The van der Waals surface area contributed by atoms with Crippen LogP contribution in [-0.2, 0) is 6.42 Å². The smallest absolute Gasteiger partial charge is 0.162 e. The Labute approximate surface area is 140 Å². The van der Waals surface area contributed by atoms with Gasteiger partial charge in [0, 0.05) is 22.1 Å². The highest BCUT2D eigenvalue weighted by atomic mass is 79.9. The highest BCUT2D eigenvalue weighted by Crippen LogP contribution is 2.32. The lowest BCUT2D eigenvalue weighted by molar-refractivity contribution is 0.868. The summed E-state index contributed by atoms with van der Waals surface area (Å²) in [6.07, 6.45) is 1.93. The fraction of sp³-hybridized carbons (Fsp3) is 0.286. The number of rotatable bonds is 4. The number of benzene rings is 1. The maximum atomic E-state index is 5.98. The topological polar surface area (TPSA) is 37.8 Å². The van der Waals surface area contributed by atoms with Gasteiger partial charge >= 0.3 is 0 Å². The van der Waals surface area contributed by atoms with Gasteiger partial charge in [0.1, 0.15) is 5.82 Å². The number of hydrogen-bond acceptors (Lipinski definition) is 3. The van der Waals surface area contributed by atoms with Gasteiger partial charge in [0.25, 0.3) is 0 Å². The van der Waals surface area contributed by atoms with E-state index < -0.39 is 0 Å². The number of aromatic nitrogens is 2. The van der Waals surface area contributed by atoms with Crippen molar-refractivity contribution in [3.05, 3.63) is 37.9 Å². The molecule has 1 aromatic heterocycles. The van der Waals surface area contributed by atoms with E-state index in [1.807, 2.05) is 25.2 Å². The molecule has 0 aliphatic heterocycles. The molecule has 0 unspecified atom stereocenters. The highest BCUT2D eigenvalue weighted by molar-refractivity contribution is 9.11. The monoisotopic (exact) mass is 417 g/mol. The Morgan fingerprint density at radius 3 is 2.60 bits per heavy atom. The minimum Gasteiger partial charge on any atom is -0.372 e. The van der Waals surface area contributed by atoms with Crippen LogP contribution in [-0.4, -0.2) is 17.0 Å². The lowest BCUT2D eigenvalue weighted by Gasteiger charge is -2.11. The minimum absolute atomic E-state index is 0.681. The zero-order chi connectivity index (χ0) is 14.7. The highest BCUT2D eigenvalue weighted by Gasteiger charge is 2.14. The summed E-state index contributed by atoms with van der Waals surface area (Å²) in [5.74, 6) is 1.48. The first-order chi connectivity index (χ1) is 9.56. The maximum absolute atomic E-state index is 5.98. The zero-order valence-electron chi connectivity index (χ0n) is 11.2. The third-order valence-corrected chi connectivity index (χ3v) is 4.54. The van der Waals surface area contributed by atoms with E-state index in [-0.39, 0.29) is 0 Å². The number of halogens is 3. The molecule has 0 amide bonds. The van der Waals surface area contributed by atoms with E-state index >= 15 is 0 Å². The van der Waals surface area contributed by atoms with Crippen LogP contribution in [0.5, 0.6) is 0 Å². The summed E-state index contributed by atoms with van der Waals surface area (Å²) in [6, 6.07) is 5.61. The van der Waals surface area contributed by atoms with Crippen LogP contribution in [0.25, 0.3) is 11.4 Å². The van der Waals surface area contributed by atoms with Gasteiger partial charge in [-0.1, -0.05) is 24.9 Å². The Morgan fingerprint density at radius 2 is 2.00 bits per heavy atom. The molecular weight excluding hydrogens is 405 g/mol. The number of nitrogens with one attached hydrogen (secondary N) is 1. The Hall–Kier alpha value is -0.650. The van der Waals surface area contributed by atoms with Crippen molar-refractivity contribution >= 4 is 49.3 Å². The van der Waals surface area contributed by atoms with Gasteiger partial charge in [0.05, 0.1) is 10.2 Å². The first-order valence-electron chi connectivity index (χ1n) is 6.26. The van der Waals surface area contributed by atoms with Gasteiger partial charge < -0.3 is 5.32 Å².